The summed E-state index contributed by atoms with van der Waals surface area (Å²) in [6.07, 6.45) is 4.56. The van der Waals surface area contributed by atoms with Crippen molar-refractivity contribution in [2.45, 2.75) is 40.9 Å². The molecule has 0 saturated carbocycles. The molecule has 0 saturated heterocycles. The molecule has 0 fully saturated rings. The number of ether oxygens (including phenoxy) is 3. The summed E-state index contributed by atoms with van der Waals surface area (Å²) in [5.41, 5.74) is 2.65. The molecule has 3 aromatic heterocycles. The van der Waals surface area contributed by atoms with Crippen molar-refractivity contribution in [1.82, 2.24) is 15.0 Å². The van der Waals surface area contributed by atoms with Crippen LogP contribution in [0.5, 0.6) is 17.2 Å². The maximum atomic E-state index is 12.9. The highest BCUT2D eigenvalue weighted by atomic mass is 35.5. The molecule has 0 bridgehead atoms. The van der Waals surface area contributed by atoms with Crippen molar-refractivity contribution in [3.8, 4) is 17.2 Å². The quantitative estimate of drug-likeness (QED) is 0.0390. The molecule has 21 nitrogen and oxygen atoms in total. The summed E-state index contributed by atoms with van der Waals surface area (Å²) in [4.78, 5) is 49.6. The minimum Gasteiger partial charge on any atom is -0.484 e. The number of amides is 3. The van der Waals surface area contributed by atoms with Crippen LogP contribution in [0.15, 0.2) is 225 Å². The number of rotatable bonds is 21. The normalized spacial score (nSPS) is 11.5. The number of anilines is 6. The number of hydrogen-bond donors (Lipinski definition) is 6. The van der Waals surface area contributed by atoms with Crippen LogP contribution in [0.25, 0.3) is 32.3 Å². The second kappa shape index (κ2) is 31.2. The number of carbonyl (C=O) groups excluding carboxylic acids is 3. The molecular weight excluding hydrogens is 1420 g/mol. The van der Waals surface area contributed by atoms with Crippen LogP contribution in [0.2, 0.25) is 15.1 Å². The fraction of sp³-hybridized carbons (Fsp3) is 0.104. The molecular formula is C67H56Cl3N9O12S6. The Morgan fingerprint density at radius 1 is 0.402 bits per heavy atom. The molecule has 6 N–H and O–H groups in total. The standard InChI is InChI=1S/C25H25N3O4S2.C21H15Cl2N3O4S2.C21H16ClN3O4S2/c1-25(2,3)17-8-10-18(11-9-17)32-16-23(29)27-21-12-13-22(20-7-5-4-6-19(20)21)34(30,31)28-24-26-14-15-33-24;22-16-8-7-13(11-17(16)23)30-12-20(27)25-18-5-1-4-15-14(18)3-2-6-19(15)32(28,29)26-21-24-9-10-31-21;22-14-5-7-15(8-6-14)29-13-20(26)24-18-9-10-19(17-4-2-1-3-16(17)18)31(27,28)25-21-23-11-12-30-21/h4-15H,16H2,1-3H3,(H,26,28)(H,27,29);1-11H,12H2,(H,24,26)(H,25,27);1-12H,13H2,(H,23,25)(H,24,26). The number of benzene rings is 9. The lowest BCUT2D eigenvalue weighted by molar-refractivity contribution is -0.118. The van der Waals surface area contributed by atoms with Gasteiger partial charge in [-0.1, -0.05) is 141 Å². The molecule has 3 amide bonds. The van der Waals surface area contributed by atoms with E-state index in [1.165, 1.54) is 82.4 Å². The van der Waals surface area contributed by atoms with Crippen molar-refractivity contribution >= 4 is 181 Å². The Kier molecular flexibility index (Phi) is 22.6. The fourth-order valence-corrected chi connectivity index (χ4v) is 15.8. The van der Waals surface area contributed by atoms with Gasteiger partial charge in [-0.05, 0) is 95.9 Å². The second-order valence-corrected chi connectivity index (χ2v) is 30.5. The van der Waals surface area contributed by atoms with Crippen LogP contribution in [0.4, 0.5) is 32.5 Å². The second-order valence-electron chi connectivity index (χ2n) is 21.6. The molecule has 3 heterocycles. The van der Waals surface area contributed by atoms with E-state index in [0.29, 0.717) is 81.7 Å². The minimum absolute atomic E-state index is 0.0341. The van der Waals surface area contributed by atoms with Gasteiger partial charge in [-0.3, -0.25) is 28.5 Å². The monoisotopic (exact) mass is 1480 g/mol. The number of carbonyl (C=O) groups is 3. The molecule has 0 radical (unpaired) electrons. The summed E-state index contributed by atoms with van der Waals surface area (Å²) in [5, 5.41) is 18.7. The van der Waals surface area contributed by atoms with Gasteiger partial charge in [-0.25, -0.2) is 40.2 Å². The molecule has 12 aromatic rings. The first-order valence-corrected chi connectivity index (χ1v) is 37.0. The lowest BCUT2D eigenvalue weighted by Gasteiger charge is -2.19. The maximum absolute atomic E-state index is 12.9. The third kappa shape index (κ3) is 18.6. The van der Waals surface area contributed by atoms with Gasteiger partial charge in [0, 0.05) is 95.2 Å². The van der Waals surface area contributed by atoms with E-state index in [4.69, 9.17) is 49.0 Å². The third-order valence-corrected chi connectivity index (χ3v) is 21.5. The topological polar surface area (TPSA) is 292 Å². The van der Waals surface area contributed by atoms with Gasteiger partial charge in [0.05, 0.1) is 24.7 Å². The van der Waals surface area contributed by atoms with E-state index in [9.17, 15) is 39.6 Å². The SMILES string of the molecule is CC(C)(C)c1ccc(OCC(=O)Nc2ccc(S(=O)(=O)Nc3nccs3)c3ccccc23)cc1.O=C(COc1ccc(Cl)c(Cl)c1)Nc1cccc2c(S(=O)(=O)Nc3nccs3)cccc12.O=C(COc1ccc(Cl)cc1)Nc1ccc(S(=O)(=O)Nc2nccs2)c2ccccc12. The van der Waals surface area contributed by atoms with E-state index in [0.717, 1.165) is 0 Å². The Morgan fingerprint density at radius 3 is 1.15 bits per heavy atom. The largest absolute Gasteiger partial charge is 0.484 e. The third-order valence-electron chi connectivity index (χ3n) is 13.8. The first-order valence-electron chi connectivity index (χ1n) is 28.8. The van der Waals surface area contributed by atoms with Crippen LogP contribution in [-0.4, -0.2) is 77.7 Å². The molecule has 0 atom stereocenters. The smallest absolute Gasteiger partial charge is 0.264 e. The molecule has 12 rings (SSSR count). The van der Waals surface area contributed by atoms with E-state index in [1.54, 1.807) is 144 Å². The van der Waals surface area contributed by atoms with Crippen molar-refractivity contribution in [3.63, 3.8) is 0 Å². The van der Waals surface area contributed by atoms with Crippen LogP contribution in [0, 0.1) is 0 Å². The predicted molar refractivity (Wildman–Crippen MR) is 386 cm³/mol. The summed E-state index contributed by atoms with van der Waals surface area (Å²) < 4.78 is 101. The van der Waals surface area contributed by atoms with Gasteiger partial charge < -0.3 is 30.2 Å². The Balaban J connectivity index is 0.000000158. The molecule has 0 spiro atoms. The van der Waals surface area contributed by atoms with Crippen molar-refractivity contribution in [2.24, 2.45) is 0 Å². The van der Waals surface area contributed by atoms with Gasteiger partial charge in [0.2, 0.25) is 0 Å². The van der Waals surface area contributed by atoms with Crippen LogP contribution in [-0.2, 0) is 49.9 Å². The highest BCUT2D eigenvalue weighted by Crippen LogP contribution is 2.35. The average Bonchev–Trinajstić information content (AvgIpc) is 1.77. The Bertz CT molecular complexity index is 5150. The van der Waals surface area contributed by atoms with E-state index in [2.05, 4.69) is 65.8 Å². The molecule has 0 aliphatic rings. The number of hydrogen-bond acceptors (Lipinski definition) is 18. The summed E-state index contributed by atoms with van der Waals surface area (Å²) in [7, 11) is -11.6. The number of aromatic nitrogens is 3. The minimum atomic E-state index is -3.87. The van der Waals surface area contributed by atoms with Crippen molar-refractivity contribution in [1.29, 1.82) is 0 Å². The zero-order valence-electron chi connectivity index (χ0n) is 51.2. The lowest BCUT2D eigenvalue weighted by Crippen LogP contribution is -2.20. The first-order chi connectivity index (χ1) is 46.4. The van der Waals surface area contributed by atoms with E-state index >= 15 is 0 Å². The first kappa shape index (κ1) is 70.4. The van der Waals surface area contributed by atoms with E-state index in [-0.39, 0.29) is 67.1 Å². The maximum Gasteiger partial charge on any atom is 0.264 e. The van der Waals surface area contributed by atoms with E-state index < -0.39 is 36.0 Å². The molecule has 0 unspecified atom stereocenters. The number of halogens is 3. The van der Waals surface area contributed by atoms with Gasteiger partial charge in [-0.2, -0.15) is 0 Å². The number of sulfonamides is 3. The predicted octanol–water partition coefficient (Wildman–Crippen LogP) is 15.6. The Hall–Kier alpha value is -9.42. The number of nitrogens with one attached hydrogen (secondary N) is 6. The molecule has 30 heteroatoms. The van der Waals surface area contributed by atoms with Crippen LogP contribution >= 0.6 is 68.8 Å². The molecule has 97 heavy (non-hydrogen) atoms. The van der Waals surface area contributed by atoms with Gasteiger partial charge >= 0.3 is 0 Å². The van der Waals surface area contributed by atoms with E-state index in [1.807, 2.05) is 24.3 Å². The summed E-state index contributed by atoms with van der Waals surface area (Å²) in [6.45, 7) is 5.75. The van der Waals surface area contributed by atoms with Crippen LogP contribution in [0.3, 0.4) is 0 Å². The molecule has 0 aliphatic carbocycles. The zero-order chi connectivity index (χ0) is 68.9. The summed E-state index contributed by atoms with van der Waals surface area (Å²) >= 11 is 21.2. The Morgan fingerprint density at radius 2 is 0.753 bits per heavy atom. The van der Waals surface area contributed by atoms with Crippen LogP contribution < -0.4 is 44.3 Å². The number of thiazole rings is 3. The zero-order valence-corrected chi connectivity index (χ0v) is 58.3. The molecule has 498 valence electrons. The van der Waals surface area contributed by atoms with Gasteiger partial charge in [0.1, 0.15) is 17.2 Å². The van der Waals surface area contributed by atoms with Gasteiger partial charge in [-0.15, -0.1) is 34.0 Å². The highest BCUT2D eigenvalue weighted by molar-refractivity contribution is 7.93. The fourth-order valence-electron chi connectivity index (χ4n) is 9.34. The summed E-state index contributed by atoms with van der Waals surface area (Å²) in [6, 6.07) is 48.9. The number of nitrogens with zero attached hydrogens (tertiary/aromatic N) is 3. The average molecular weight is 1480 g/mol. The van der Waals surface area contributed by atoms with Crippen molar-refractivity contribution in [3.05, 3.63) is 231 Å². The highest BCUT2D eigenvalue weighted by Gasteiger charge is 2.24. The summed E-state index contributed by atoms with van der Waals surface area (Å²) in [5.74, 6) is 0.367. The lowest BCUT2D eigenvalue weighted by atomic mass is 9.87. The number of fused-ring (bicyclic) bond motifs is 3. The Labute approximate surface area is 584 Å². The van der Waals surface area contributed by atoms with Crippen molar-refractivity contribution < 1.29 is 53.8 Å². The van der Waals surface area contributed by atoms with Crippen LogP contribution in [0.1, 0.15) is 26.3 Å². The van der Waals surface area contributed by atoms with Gasteiger partial charge in [0.15, 0.2) is 35.2 Å². The van der Waals surface area contributed by atoms with Gasteiger partial charge in [0.25, 0.3) is 47.8 Å². The van der Waals surface area contributed by atoms with Crippen molar-refractivity contribution in [2.75, 3.05) is 49.9 Å². The molecule has 0 aliphatic heterocycles. The molecule has 9 aromatic carbocycles.